The van der Waals surface area contributed by atoms with E-state index in [0.717, 1.165) is 5.82 Å². The zero-order chi connectivity index (χ0) is 12.4. The third-order valence-corrected chi connectivity index (χ3v) is 2.73. The number of aliphatic hydroxyl groups excluding tert-OH is 1. The van der Waals surface area contributed by atoms with Gasteiger partial charge in [-0.3, -0.25) is 0 Å². The fourth-order valence-corrected chi connectivity index (χ4v) is 1.98. The van der Waals surface area contributed by atoms with Crippen LogP contribution in [-0.4, -0.2) is 32.3 Å². The van der Waals surface area contributed by atoms with Crippen LogP contribution in [0.15, 0.2) is 18.2 Å². The minimum Gasteiger partial charge on any atom is -0.478 e. The van der Waals surface area contributed by atoms with E-state index in [2.05, 4.69) is 4.98 Å². The Labute approximate surface area is 98.3 Å². The topological polar surface area (TPSA) is 75.3 Å². The maximum atomic E-state index is 11.2. The summed E-state index contributed by atoms with van der Waals surface area (Å²) in [6.45, 7) is 2.49. The highest BCUT2D eigenvalue weighted by Crippen LogP contribution is 2.20. The number of carboxylic acid groups (broad SMARTS) is 1. The molecule has 0 amide bonds. The van der Waals surface area contributed by atoms with Gasteiger partial charge in [-0.15, -0.1) is 0 Å². The lowest BCUT2D eigenvalue weighted by Gasteiger charge is -2.07. The van der Waals surface area contributed by atoms with Crippen LogP contribution < -0.4 is 0 Å². The van der Waals surface area contributed by atoms with Crippen molar-refractivity contribution in [2.75, 3.05) is 6.61 Å². The van der Waals surface area contributed by atoms with E-state index >= 15 is 0 Å². The number of aryl methyl sites for hydroxylation is 2. The van der Waals surface area contributed by atoms with Gasteiger partial charge >= 0.3 is 5.97 Å². The first-order valence-corrected chi connectivity index (χ1v) is 5.45. The Morgan fingerprint density at radius 3 is 2.88 bits per heavy atom. The molecule has 0 bridgehead atoms. The number of aromatic carboxylic acids is 1. The van der Waals surface area contributed by atoms with Crippen LogP contribution in [0.5, 0.6) is 0 Å². The molecular formula is C12H14N2O3. The number of aromatic nitrogens is 2. The van der Waals surface area contributed by atoms with Crippen molar-refractivity contribution in [3.63, 3.8) is 0 Å². The third kappa shape index (κ3) is 2.01. The fourth-order valence-electron chi connectivity index (χ4n) is 1.98. The molecule has 0 aliphatic heterocycles. The van der Waals surface area contributed by atoms with E-state index < -0.39 is 5.97 Å². The molecule has 0 atom stereocenters. The second kappa shape index (κ2) is 4.55. The fraction of sp³-hybridized carbons (Fsp3) is 0.333. The van der Waals surface area contributed by atoms with Crippen molar-refractivity contribution < 1.29 is 15.0 Å². The number of imidazole rings is 1. The molecular weight excluding hydrogens is 220 g/mol. The van der Waals surface area contributed by atoms with Gasteiger partial charge in [0.2, 0.25) is 0 Å². The van der Waals surface area contributed by atoms with Crippen molar-refractivity contribution in [1.82, 2.24) is 9.55 Å². The smallest absolute Gasteiger partial charge is 0.337 e. The van der Waals surface area contributed by atoms with Gasteiger partial charge in [0, 0.05) is 13.2 Å². The van der Waals surface area contributed by atoms with Gasteiger partial charge in [0.15, 0.2) is 0 Å². The van der Waals surface area contributed by atoms with Crippen LogP contribution in [0.3, 0.4) is 0 Å². The third-order valence-electron chi connectivity index (χ3n) is 2.73. The molecule has 0 spiro atoms. The number of hydrogen-bond donors (Lipinski definition) is 2. The number of rotatable bonds is 4. The van der Waals surface area contributed by atoms with E-state index in [1.807, 2.05) is 11.5 Å². The number of aliphatic hydroxyl groups is 1. The summed E-state index contributed by atoms with van der Waals surface area (Å²) in [5.41, 5.74) is 1.56. The van der Waals surface area contributed by atoms with Crippen LogP contribution in [0, 0.1) is 6.92 Å². The molecule has 17 heavy (non-hydrogen) atoms. The summed E-state index contributed by atoms with van der Waals surface area (Å²) in [6.07, 6.45) is 0.584. The summed E-state index contributed by atoms with van der Waals surface area (Å²) in [6, 6.07) is 5.06. The van der Waals surface area contributed by atoms with Crippen LogP contribution in [0.1, 0.15) is 22.6 Å². The molecule has 1 aromatic heterocycles. The lowest BCUT2D eigenvalue weighted by Crippen LogP contribution is -2.06. The molecule has 0 aliphatic carbocycles. The van der Waals surface area contributed by atoms with Gasteiger partial charge < -0.3 is 14.8 Å². The molecule has 5 nitrogen and oxygen atoms in total. The Hall–Kier alpha value is -1.88. The number of carboxylic acids is 1. The second-order valence-electron chi connectivity index (χ2n) is 3.87. The molecule has 1 aromatic carbocycles. The molecule has 5 heteroatoms. The average Bonchev–Trinajstić information content (AvgIpc) is 2.61. The Balaban J connectivity index is 2.64. The van der Waals surface area contributed by atoms with E-state index in [4.69, 9.17) is 10.2 Å². The minimum atomic E-state index is -0.958. The van der Waals surface area contributed by atoms with E-state index in [-0.39, 0.29) is 12.2 Å². The number of hydrogen-bond acceptors (Lipinski definition) is 3. The number of fused-ring (bicyclic) bond motifs is 1. The summed E-state index contributed by atoms with van der Waals surface area (Å²) in [5.74, 6) is -0.192. The highest BCUT2D eigenvalue weighted by atomic mass is 16.4. The van der Waals surface area contributed by atoms with E-state index in [0.29, 0.717) is 24.0 Å². The van der Waals surface area contributed by atoms with E-state index in [1.54, 1.807) is 18.2 Å². The van der Waals surface area contributed by atoms with Gasteiger partial charge in [0.05, 0.1) is 16.6 Å². The van der Waals surface area contributed by atoms with Gasteiger partial charge in [-0.2, -0.15) is 0 Å². The summed E-state index contributed by atoms with van der Waals surface area (Å²) in [7, 11) is 0. The van der Waals surface area contributed by atoms with Crippen LogP contribution in [0.25, 0.3) is 11.0 Å². The highest BCUT2D eigenvalue weighted by Gasteiger charge is 2.15. The SMILES string of the molecule is Cc1nc2cccc(C(=O)O)c2n1CCCO. The molecule has 0 fully saturated rings. The zero-order valence-corrected chi connectivity index (χ0v) is 9.55. The monoisotopic (exact) mass is 234 g/mol. The molecule has 2 aromatic rings. The highest BCUT2D eigenvalue weighted by molar-refractivity contribution is 6.01. The predicted octanol–water partition coefficient (Wildman–Crippen LogP) is 1.43. The van der Waals surface area contributed by atoms with Crippen LogP contribution >= 0.6 is 0 Å². The Kier molecular flexibility index (Phi) is 3.10. The maximum absolute atomic E-state index is 11.2. The summed E-state index contributed by atoms with van der Waals surface area (Å²) < 4.78 is 1.84. The Morgan fingerprint density at radius 1 is 1.47 bits per heavy atom. The van der Waals surface area contributed by atoms with Crippen molar-refractivity contribution in [2.24, 2.45) is 0 Å². The number of benzene rings is 1. The number of para-hydroxylation sites is 1. The normalized spacial score (nSPS) is 10.9. The van der Waals surface area contributed by atoms with Crippen molar-refractivity contribution in [1.29, 1.82) is 0 Å². The first-order valence-electron chi connectivity index (χ1n) is 5.45. The molecule has 0 aliphatic rings. The predicted molar refractivity (Wildman–Crippen MR) is 63.1 cm³/mol. The summed E-state index contributed by atoms with van der Waals surface area (Å²) in [5, 5.41) is 18.0. The van der Waals surface area contributed by atoms with Gasteiger partial charge in [0.25, 0.3) is 0 Å². The number of nitrogens with zero attached hydrogens (tertiary/aromatic N) is 2. The average molecular weight is 234 g/mol. The van der Waals surface area contributed by atoms with Crippen molar-refractivity contribution >= 4 is 17.0 Å². The molecule has 0 unspecified atom stereocenters. The quantitative estimate of drug-likeness (QED) is 0.839. The lowest BCUT2D eigenvalue weighted by atomic mass is 10.2. The zero-order valence-electron chi connectivity index (χ0n) is 9.55. The van der Waals surface area contributed by atoms with Crippen molar-refractivity contribution in [3.8, 4) is 0 Å². The first kappa shape index (κ1) is 11.6. The van der Waals surface area contributed by atoms with Crippen LogP contribution in [0.2, 0.25) is 0 Å². The molecule has 0 saturated heterocycles. The first-order chi connectivity index (χ1) is 8.15. The van der Waals surface area contributed by atoms with Crippen LogP contribution in [0.4, 0.5) is 0 Å². The van der Waals surface area contributed by atoms with Gasteiger partial charge in [-0.1, -0.05) is 6.07 Å². The molecule has 0 radical (unpaired) electrons. The number of carbonyl (C=O) groups is 1. The van der Waals surface area contributed by atoms with Gasteiger partial charge in [0.1, 0.15) is 5.82 Å². The largest absolute Gasteiger partial charge is 0.478 e. The van der Waals surface area contributed by atoms with Crippen molar-refractivity contribution in [2.45, 2.75) is 19.9 Å². The molecule has 1 heterocycles. The van der Waals surface area contributed by atoms with Gasteiger partial charge in [-0.25, -0.2) is 9.78 Å². The molecule has 2 N–H and O–H groups in total. The maximum Gasteiger partial charge on any atom is 0.337 e. The Morgan fingerprint density at radius 2 is 2.24 bits per heavy atom. The van der Waals surface area contributed by atoms with Crippen molar-refractivity contribution in [3.05, 3.63) is 29.6 Å². The van der Waals surface area contributed by atoms with Gasteiger partial charge in [-0.05, 0) is 25.5 Å². The van der Waals surface area contributed by atoms with Crippen LogP contribution in [-0.2, 0) is 6.54 Å². The standard InChI is InChI=1S/C12H14N2O3/c1-8-13-10-5-2-4-9(12(16)17)11(10)14(8)6-3-7-15/h2,4-5,15H,3,6-7H2,1H3,(H,16,17). The molecule has 2 rings (SSSR count). The second-order valence-corrected chi connectivity index (χ2v) is 3.87. The molecule has 90 valence electrons. The Bertz CT molecular complexity index is 560. The summed E-state index contributed by atoms with van der Waals surface area (Å²) in [4.78, 5) is 15.5. The van der Waals surface area contributed by atoms with E-state index in [1.165, 1.54) is 0 Å². The summed E-state index contributed by atoms with van der Waals surface area (Å²) >= 11 is 0. The van der Waals surface area contributed by atoms with E-state index in [9.17, 15) is 4.79 Å². The molecule has 0 saturated carbocycles. The lowest BCUT2D eigenvalue weighted by molar-refractivity contribution is 0.0698. The minimum absolute atomic E-state index is 0.0777.